The smallest absolute Gasteiger partial charge is 0.223 e. The first-order chi connectivity index (χ1) is 10.5. The summed E-state index contributed by atoms with van der Waals surface area (Å²) in [7, 11) is 2.16. The Hall–Kier alpha value is -1.56. The van der Waals surface area contributed by atoms with Crippen LogP contribution in [0.4, 0.5) is 17.6 Å². The normalized spacial score (nSPS) is 27.2. The molecule has 0 amide bonds. The van der Waals surface area contributed by atoms with Gasteiger partial charge in [-0.1, -0.05) is 0 Å². The van der Waals surface area contributed by atoms with Crippen molar-refractivity contribution < 1.29 is 0 Å². The number of likely N-dealkylation sites (N-methyl/N-ethyl adjacent to an activating group) is 1. The number of hydrogen-bond donors (Lipinski definition) is 1. The molecule has 2 aliphatic rings. The van der Waals surface area contributed by atoms with Crippen LogP contribution in [0.1, 0.15) is 33.1 Å². The van der Waals surface area contributed by atoms with E-state index in [9.17, 15) is 0 Å². The highest BCUT2D eigenvalue weighted by Crippen LogP contribution is 2.30. The Morgan fingerprint density at radius 2 is 1.59 bits per heavy atom. The van der Waals surface area contributed by atoms with Crippen molar-refractivity contribution in [3.8, 4) is 0 Å². The van der Waals surface area contributed by atoms with Crippen LogP contribution in [0, 0.1) is 0 Å². The summed E-state index contributed by atoms with van der Waals surface area (Å²) in [6.45, 7) is 8.69. The Labute approximate surface area is 133 Å². The summed E-state index contributed by atoms with van der Waals surface area (Å²) in [5, 5.41) is 0. The molecule has 0 spiro atoms. The molecule has 2 unspecified atom stereocenters. The second kappa shape index (κ2) is 6.28. The molecule has 2 saturated heterocycles. The zero-order valence-corrected chi connectivity index (χ0v) is 14.0. The molecule has 2 fully saturated rings. The van der Waals surface area contributed by atoms with Crippen LogP contribution in [0.3, 0.4) is 0 Å². The van der Waals surface area contributed by atoms with Gasteiger partial charge in [-0.15, -0.1) is 0 Å². The van der Waals surface area contributed by atoms with Gasteiger partial charge in [0.15, 0.2) is 0 Å². The van der Waals surface area contributed by atoms with Crippen molar-refractivity contribution >= 4 is 17.6 Å². The van der Waals surface area contributed by atoms with Gasteiger partial charge in [-0.2, -0.15) is 9.97 Å². The number of nitrogens with zero attached hydrogens (tertiary/aromatic N) is 5. The highest BCUT2D eigenvalue weighted by Gasteiger charge is 2.27. The van der Waals surface area contributed by atoms with E-state index in [4.69, 9.17) is 5.73 Å². The van der Waals surface area contributed by atoms with Crippen molar-refractivity contribution in [2.24, 2.45) is 0 Å². The molecule has 0 radical (unpaired) electrons. The third-order valence-electron chi connectivity index (χ3n) is 5.00. The molecule has 0 aliphatic carbocycles. The maximum absolute atomic E-state index is 6.00. The molecule has 2 atom stereocenters. The molecule has 2 N–H and O–H groups in total. The Morgan fingerprint density at radius 1 is 1.00 bits per heavy atom. The fraction of sp³-hybridized carbons (Fsp3) is 0.750. The van der Waals surface area contributed by atoms with Crippen LogP contribution in [0.15, 0.2) is 6.07 Å². The van der Waals surface area contributed by atoms with Gasteiger partial charge in [-0.3, -0.25) is 0 Å². The molecule has 22 heavy (non-hydrogen) atoms. The van der Waals surface area contributed by atoms with E-state index < -0.39 is 0 Å². The van der Waals surface area contributed by atoms with E-state index in [1.165, 1.54) is 19.3 Å². The van der Waals surface area contributed by atoms with Crippen LogP contribution in [-0.2, 0) is 0 Å². The second-order valence-electron chi connectivity index (χ2n) is 6.77. The number of piperidine rings is 1. The van der Waals surface area contributed by atoms with Crippen molar-refractivity contribution in [2.75, 3.05) is 48.8 Å². The minimum Gasteiger partial charge on any atom is -0.368 e. The van der Waals surface area contributed by atoms with Crippen LogP contribution in [0.5, 0.6) is 0 Å². The van der Waals surface area contributed by atoms with Gasteiger partial charge in [-0.25, -0.2) is 0 Å². The summed E-state index contributed by atoms with van der Waals surface area (Å²) < 4.78 is 0. The number of aromatic nitrogens is 2. The zero-order chi connectivity index (χ0) is 15.7. The minimum absolute atomic E-state index is 0.386. The maximum atomic E-state index is 6.00. The molecular formula is C16H28N6. The fourth-order valence-corrected chi connectivity index (χ4v) is 3.64. The molecule has 3 heterocycles. The van der Waals surface area contributed by atoms with Crippen LogP contribution in [0.2, 0.25) is 0 Å². The van der Waals surface area contributed by atoms with Gasteiger partial charge in [-0.05, 0) is 40.2 Å². The first kappa shape index (κ1) is 15.3. The van der Waals surface area contributed by atoms with E-state index in [1.807, 2.05) is 0 Å². The number of piperazine rings is 1. The van der Waals surface area contributed by atoms with Crippen LogP contribution >= 0.6 is 0 Å². The summed E-state index contributed by atoms with van der Waals surface area (Å²) in [5.74, 6) is 2.35. The standard InChI is InChI=1S/C16H28N6/c1-12-5-4-6-13(2)22(12)15-11-14(18-16(17)19-15)21-9-7-20(3)8-10-21/h11-13H,4-10H2,1-3H3,(H2,17,18,19). The lowest BCUT2D eigenvalue weighted by Gasteiger charge is -2.40. The number of anilines is 3. The van der Waals surface area contributed by atoms with Crippen LogP contribution in [0.25, 0.3) is 0 Å². The summed E-state index contributed by atoms with van der Waals surface area (Å²) in [5.41, 5.74) is 6.00. The van der Waals surface area contributed by atoms with E-state index in [0.717, 1.165) is 37.8 Å². The Balaban J connectivity index is 1.86. The molecule has 3 rings (SSSR count). The lowest BCUT2D eigenvalue weighted by atomic mass is 9.97. The Morgan fingerprint density at radius 3 is 2.23 bits per heavy atom. The number of rotatable bonds is 2. The lowest BCUT2D eigenvalue weighted by Crippen LogP contribution is -2.46. The molecule has 1 aromatic rings. The van der Waals surface area contributed by atoms with E-state index >= 15 is 0 Å². The highest BCUT2D eigenvalue weighted by molar-refractivity contribution is 5.55. The average molecular weight is 304 g/mol. The largest absolute Gasteiger partial charge is 0.368 e. The molecule has 0 aromatic carbocycles. The molecule has 122 valence electrons. The average Bonchev–Trinajstić information content (AvgIpc) is 2.47. The van der Waals surface area contributed by atoms with E-state index in [-0.39, 0.29) is 0 Å². The third-order valence-corrected chi connectivity index (χ3v) is 5.00. The van der Waals surface area contributed by atoms with E-state index in [2.05, 4.69) is 51.6 Å². The molecule has 0 bridgehead atoms. The zero-order valence-electron chi connectivity index (χ0n) is 14.0. The fourth-order valence-electron chi connectivity index (χ4n) is 3.64. The predicted octanol–water partition coefficient (Wildman–Crippen LogP) is 1.58. The Kier molecular flexibility index (Phi) is 4.38. The van der Waals surface area contributed by atoms with Gasteiger partial charge in [0.25, 0.3) is 0 Å². The molecule has 6 nitrogen and oxygen atoms in total. The lowest BCUT2D eigenvalue weighted by molar-refractivity contribution is 0.312. The number of hydrogen-bond acceptors (Lipinski definition) is 6. The molecular weight excluding hydrogens is 276 g/mol. The summed E-state index contributed by atoms with van der Waals surface area (Å²) in [6, 6.07) is 3.15. The molecule has 2 aliphatic heterocycles. The quantitative estimate of drug-likeness (QED) is 0.895. The molecule has 6 heteroatoms. The monoisotopic (exact) mass is 304 g/mol. The van der Waals surface area contributed by atoms with Crippen molar-refractivity contribution in [3.05, 3.63) is 6.07 Å². The topological polar surface area (TPSA) is 61.5 Å². The van der Waals surface area contributed by atoms with Gasteiger partial charge in [0.2, 0.25) is 5.95 Å². The number of nitrogens with two attached hydrogens (primary N) is 1. The minimum atomic E-state index is 0.386. The van der Waals surface area contributed by atoms with Crippen molar-refractivity contribution in [1.29, 1.82) is 0 Å². The van der Waals surface area contributed by atoms with Gasteiger partial charge in [0.1, 0.15) is 11.6 Å². The summed E-state index contributed by atoms with van der Waals surface area (Å²) in [6.07, 6.45) is 3.74. The highest BCUT2D eigenvalue weighted by atomic mass is 15.3. The van der Waals surface area contributed by atoms with E-state index in [0.29, 0.717) is 18.0 Å². The summed E-state index contributed by atoms with van der Waals surface area (Å²) >= 11 is 0. The summed E-state index contributed by atoms with van der Waals surface area (Å²) in [4.78, 5) is 16.1. The van der Waals surface area contributed by atoms with Gasteiger partial charge in [0, 0.05) is 44.3 Å². The predicted molar refractivity (Wildman–Crippen MR) is 91.4 cm³/mol. The maximum Gasteiger partial charge on any atom is 0.223 e. The SMILES string of the molecule is CC1CCCC(C)N1c1cc(N2CCN(C)CC2)nc(N)n1. The third kappa shape index (κ3) is 3.11. The van der Waals surface area contributed by atoms with Crippen molar-refractivity contribution in [1.82, 2.24) is 14.9 Å². The van der Waals surface area contributed by atoms with Gasteiger partial charge < -0.3 is 20.4 Å². The molecule has 0 saturated carbocycles. The number of nitrogen functional groups attached to an aromatic ring is 1. The van der Waals surface area contributed by atoms with Gasteiger partial charge >= 0.3 is 0 Å². The Bertz CT molecular complexity index is 501. The first-order valence-corrected chi connectivity index (χ1v) is 8.41. The first-order valence-electron chi connectivity index (χ1n) is 8.41. The van der Waals surface area contributed by atoms with Gasteiger partial charge in [0.05, 0.1) is 0 Å². The van der Waals surface area contributed by atoms with Crippen LogP contribution in [-0.4, -0.2) is 60.2 Å². The van der Waals surface area contributed by atoms with E-state index in [1.54, 1.807) is 0 Å². The second-order valence-corrected chi connectivity index (χ2v) is 6.77. The van der Waals surface area contributed by atoms with Crippen molar-refractivity contribution in [3.63, 3.8) is 0 Å². The molecule has 1 aromatic heterocycles. The van der Waals surface area contributed by atoms with Crippen molar-refractivity contribution in [2.45, 2.75) is 45.2 Å². The van der Waals surface area contributed by atoms with Crippen LogP contribution < -0.4 is 15.5 Å².